The molecule has 1 aromatic carbocycles. The fourth-order valence-corrected chi connectivity index (χ4v) is 1.13. The van der Waals surface area contributed by atoms with Gasteiger partial charge in [0.2, 0.25) is 0 Å². The largest absolute Gasteiger partial charge is 0.313 e. The number of nitrogens with one attached hydrogen (secondary N) is 1. The zero-order chi connectivity index (χ0) is 11.7. The third kappa shape index (κ3) is 5.33. The van der Waals surface area contributed by atoms with Gasteiger partial charge >= 0.3 is 0 Å². The average Bonchev–Trinajstić information content (AvgIpc) is 2.29. The van der Waals surface area contributed by atoms with E-state index in [4.69, 9.17) is 0 Å². The van der Waals surface area contributed by atoms with Crippen molar-refractivity contribution < 1.29 is 6.22 Å². The number of carbonyl (C=O) groups excluding carboxylic acids is 1. The van der Waals surface area contributed by atoms with Gasteiger partial charge in [-0.15, -0.1) is 0 Å². The first-order valence-electron chi connectivity index (χ1n) is 5.54. The van der Waals surface area contributed by atoms with Crippen LogP contribution in [0.5, 0.6) is 0 Å². The maximum absolute atomic E-state index is 11.0. The van der Waals surface area contributed by atoms with Gasteiger partial charge in [-0.05, 0) is 19.0 Å². The third-order valence-electron chi connectivity index (χ3n) is 1.94. The molecule has 0 amide bonds. The molecule has 0 unspecified atom stereocenters. The molecule has 0 saturated carbocycles. The summed E-state index contributed by atoms with van der Waals surface area (Å²) in [5, 5.41) is 3.23. The topological polar surface area (TPSA) is 29.1 Å². The van der Waals surface area contributed by atoms with Crippen molar-refractivity contribution in [2.75, 3.05) is 6.54 Å². The van der Waals surface area contributed by atoms with Crippen molar-refractivity contribution in [3.63, 3.8) is 0 Å². The highest BCUT2D eigenvalue weighted by Crippen LogP contribution is 2.04. The summed E-state index contributed by atoms with van der Waals surface area (Å²) in [5.41, 5.74) is 1.99. The number of rotatable bonds is 4. The van der Waals surface area contributed by atoms with Crippen LogP contribution in [0.3, 0.4) is 0 Å². The van der Waals surface area contributed by atoms with E-state index in [0.29, 0.717) is 0 Å². The maximum Gasteiger partial charge on any atom is 0.159 e. The van der Waals surface area contributed by atoms with Gasteiger partial charge in [0.1, 0.15) is 0 Å². The second-order valence-electron chi connectivity index (χ2n) is 3.03. The number of benzene rings is 1. The fraction of sp³-hybridized carbons (Fsp3) is 0.462. The molecule has 1 aromatic rings. The Bertz CT molecular complexity index is 282. The molecule has 0 radical (unpaired) electrons. The third-order valence-corrected chi connectivity index (χ3v) is 1.94. The van der Waals surface area contributed by atoms with Crippen LogP contribution in [0.25, 0.3) is 0 Å². The number of hydrogen-bond acceptors (Lipinski definition) is 2. The molecule has 2 heteroatoms. The normalized spacial score (nSPS) is 9.07. The molecule has 0 aliphatic carbocycles. The highest BCUT2D eigenvalue weighted by Gasteiger charge is 1.97. The summed E-state index contributed by atoms with van der Waals surface area (Å²) in [7, 11) is 0. The number of ketones is 1. The lowest BCUT2D eigenvalue weighted by atomic mass is 10.1. The van der Waals surface area contributed by atoms with Crippen LogP contribution < -0.4 is 5.32 Å². The minimum atomic E-state index is 0. The Morgan fingerprint density at radius 3 is 2.20 bits per heavy atom. The van der Waals surface area contributed by atoms with E-state index in [1.54, 1.807) is 6.92 Å². The predicted octanol–water partition coefficient (Wildman–Crippen LogP) is 3.27. The molecule has 0 aliphatic heterocycles. The van der Waals surface area contributed by atoms with E-state index >= 15 is 0 Å². The Kier molecular flexibility index (Phi) is 7.56. The number of carbonyl (C=O) groups is 1. The Hall–Kier alpha value is -1.15. The molecule has 0 saturated heterocycles. The summed E-state index contributed by atoms with van der Waals surface area (Å²) in [6.45, 7) is 9.49. The van der Waals surface area contributed by atoms with Crippen molar-refractivity contribution >= 4 is 5.78 Å². The van der Waals surface area contributed by atoms with Gasteiger partial charge < -0.3 is 5.32 Å². The molecule has 0 aromatic heterocycles. The lowest BCUT2D eigenvalue weighted by Crippen LogP contribution is -2.11. The maximum atomic E-state index is 11.0. The lowest BCUT2D eigenvalue weighted by Gasteiger charge is -2.02. The van der Waals surface area contributed by atoms with Gasteiger partial charge in [-0.25, -0.2) is 0 Å². The van der Waals surface area contributed by atoms with Crippen molar-refractivity contribution in [1.82, 2.24) is 5.32 Å². The Labute approximate surface area is 94.2 Å². The first-order valence-corrected chi connectivity index (χ1v) is 5.54. The van der Waals surface area contributed by atoms with Crippen LogP contribution in [0.1, 0.15) is 45.0 Å². The minimum absolute atomic E-state index is 0. The summed E-state index contributed by atoms with van der Waals surface area (Å²) in [5.74, 6) is 0.120. The van der Waals surface area contributed by atoms with Crippen LogP contribution in [-0.2, 0) is 6.54 Å². The molecular formula is C13H23NO. The van der Waals surface area contributed by atoms with Crippen molar-refractivity contribution in [1.29, 1.82) is 0 Å². The highest BCUT2D eigenvalue weighted by molar-refractivity contribution is 5.93. The molecule has 15 heavy (non-hydrogen) atoms. The van der Waals surface area contributed by atoms with E-state index in [0.717, 1.165) is 18.7 Å². The average molecular weight is 209 g/mol. The quantitative estimate of drug-likeness (QED) is 0.771. The van der Waals surface area contributed by atoms with Gasteiger partial charge in [0.05, 0.1) is 0 Å². The van der Waals surface area contributed by atoms with Gasteiger partial charge in [0.25, 0.3) is 0 Å². The summed E-state index contributed by atoms with van der Waals surface area (Å²) >= 11 is 0. The summed E-state index contributed by atoms with van der Waals surface area (Å²) in [4.78, 5) is 11.0. The molecule has 1 rings (SSSR count). The molecule has 1 N–H and O–H groups in total. The van der Waals surface area contributed by atoms with Crippen molar-refractivity contribution in [2.45, 2.75) is 34.2 Å². The van der Waals surface area contributed by atoms with E-state index in [9.17, 15) is 4.79 Å². The molecule has 0 fully saturated rings. The summed E-state index contributed by atoms with van der Waals surface area (Å²) in [6, 6.07) is 7.71. The second-order valence-corrected chi connectivity index (χ2v) is 3.03. The molecule has 0 bridgehead atoms. The SMILES string of the molecule is CC.CCNCc1ccc(C(C)=O)cc1.[HH]. The van der Waals surface area contributed by atoms with Gasteiger partial charge in [-0.1, -0.05) is 45.0 Å². The molecule has 0 spiro atoms. The van der Waals surface area contributed by atoms with Crippen LogP contribution in [-0.4, -0.2) is 12.3 Å². The number of hydrogen-bond donors (Lipinski definition) is 1. The molecule has 0 aliphatic rings. The summed E-state index contributed by atoms with van der Waals surface area (Å²) in [6.07, 6.45) is 0. The molecule has 0 atom stereocenters. The van der Waals surface area contributed by atoms with E-state index in [1.807, 2.05) is 38.1 Å². The fourth-order valence-electron chi connectivity index (χ4n) is 1.13. The Morgan fingerprint density at radius 1 is 1.27 bits per heavy atom. The van der Waals surface area contributed by atoms with Crippen LogP contribution >= 0.6 is 0 Å². The van der Waals surface area contributed by atoms with Gasteiger partial charge in [-0.3, -0.25) is 4.79 Å². The standard InChI is InChI=1S/C11H15NO.C2H6.H2/c1-3-12-8-10-4-6-11(7-5-10)9(2)13;1-2;/h4-7,12H,3,8H2,1-2H3;1-2H3;1H. The van der Waals surface area contributed by atoms with Gasteiger partial charge in [-0.2, -0.15) is 0 Å². The molecular weight excluding hydrogens is 186 g/mol. The second kappa shape index (κ2) is 8.18. The highest BCUT2D eigenvalue weighted by atomic mass is 16.1. The van der Waals surface area contributed by atoms with Gasteiger partial charge in [0.15, 0.2) is 5.78 Å². The molecule has 86 valence electrons. The summed E-state index contributed by atoms with van der Waals surface area (Å²) < 4.78 is 0. The molecule has 2 nitrogen and oxygen atoms in total. The van der Waals surface area contributed by atoms with E-state index in [2.05, 4.69) is 12.2 Å². The van der Waals surface area contributed by atoms with E-state index in [1.165, 1.54) is 5.56 Å². The smallest absolute Gasteiger partial charge is 0.159 e. The van der Waals surface area contributed by atoms with Crippen LogP contribution in [0.2, 0.25) is 0 Å². The van der Waals surface area contributed by atoms with E-state index in [-0.39, 0.29) is 7.21 Å². The predicted molar refractivity (Wildman–Crippen MR) is 67.3 cm³/mol. The zero-order valence-corrected chi connectivity index (χ0v) is 10.1. The first-order chi connectivity index (χ1) is 7.24. The van der Waals surface area contributed by atoms with Crippen LogP contribution in [0.15, 0.2) is 24.3 Å². The molecule has 0 heterocycles. The number of Topliss-reactive ketones (excluding diaryl/α,β-unsaturated/α-hetero) is 1. The monoisotopic (exact) mass is 209 g/mol. The van der Waals surface area contributed by atoms with Crippen LogP contribution in [0, 0.1) is 0 Å². The van der Waals surface area contributed by atoms with Crippen molar-refractivity contribution in [3.05, 3.63) is 35.4 Å². The van der Waals surface area contributed by atoms with Gasteiger partial charge in [0, 0.05) is 13.5 Å². The lowest BCUT2D eigenvalue weighted by molar-refractivity contribution is 0.101. The minimum Gasteiger partial charge on any atom is -0.313 e. The van der Waals surface area contributed by atoms with E-state index < -0.39 is 0 Å². The van der Waals surface area contributed by atoms with Crippen molar-refractivity contribution in [3.8, 4) is 0 Å². The zero-order valence-electron chi connectivity index (χ0n) is 10.1. The van der Waals surface area contributed by atoms with Crippen LogP contribution in [0.4, 0.5) is 0 Å². The Morgan fingerprint density at radius 2 is 1.80 bits per heavy atom. The first kappa shape index (κ1) is 13.8. The van der Waals surface area contributed by atoms with Crippen molar-refractivity contribution in [2.24, 2.45) is 0 Å². The Balaban J connectivity index is 0.